The SMILES string of the molecule is Cc1cccc(/C=C/C(=O)c2ccccc2[N+](=O)[O-])c1. The third kappa shape index (κ3) is 3.17. The molecule has 100 valence electrons. The van der Waals surface area contributed by atoms with Gasteiger partial charge in [-0.15, -0.1) is 0 Å². The molecule has 2 aromatic carbocycles. The van der Waals surface area contributed by atoms with Gasteiger partial charge in [0.2, 0.25) is 0 Å². The van der Waals surface area contributed by atoms with E-state index in [1.165, 1.54) is 18.2 Å². The van der Waals surface area contributed by atoms with Crippen LogP contribution in [-0.2, 0) is 0 Å². The van der Waals surface area contributed by atoms with Crippen LogP contribution < -0.4 is 0 Å². The number of benzene rings is 2. The van der Waals surface area contributed by atoms with Crippen LogP contribution in [-0.4, -0.2) is 10.7 Å². The van der Waals surface area contributed by atoms with Crippen LogP contribution >= 0.6 is 0 Å². The van der Waals surface area contributed by atoms with Crippen molar-refractivity contribution in [3.05, 3.63) is 81.4 Å². The number of nitro benzene ring substituents is 1. The number of carbonyl (C=O) groups excluding carboxylic acids is 1. The van der Waals surface area contributed by atoms with Gasteiger partial charge in [0.05, 0.1) is 10.5 Å². The summed E-state index contributed by atoms with van der Waals surface area (Å²) >= 11 is 0. The van der Waals surface area contributed by atoms with Crippen LogP contribution in [0, 0.1) is 17.0 Å². The third-order valence-corrected chi connectivity index (χ3v) is 2.84. The largest absolute Gasteiger partial charge is 0.289 e. The molecule has 0 bridgehead atoms. The Hall–Kier alpha value is -2.75. The van der Waals surface area contributed by atoms with Crippen LogP contribution in [0.2, 0.25) is 0 Å². The highest BCUT2D eigenvalue weighted by atomic mass is 16.6. The second-order valence-corrected chi connectivity index (χ2v) is 4.39. The fourth-order valence-electron chi connectivity index (χ4n) is 1.88. The molecule has 0 spiro atoms. The van der Waals surface area contributed by atoms with Crippen LogP contribution in [0.25, 0.3) is 6.08 Å². The van der Waals surface area contributed by atoms with E-state index >= 15 is 0 Å². The predicted octanol–water partition coefficient (Wildman–Crippen LogP) is 3.80. The van der Waals surface area contributed by atoms with Crippen molar-refractivity contribution >= 4 is 17.5 Å². The minimum absolute atomic E-state index is 0.0985. The summed E-state index contributed by atoms with van der Waals surface area (Å²) < 4.78 is 0. The number of nitro groups is 1. The molecular formula is C16H13NO3. The third-order valence-electron chi connectivity index (χ3n) is 2.84. The molecule has 2 aromatic rings. The zero-order valence-electron chi connectivity index (χ0n) is 10.9. The molecule has 0 aliphatic heterocycles. The number of allylic oxidation sites excluding steroid dienone is 1. The van der Waals surface area contributed by atoms with Gasteiger partial charge in [0.15, 0.2) is 5.78 Å². The summed E-state index contributed by atoms with van der Waals surface area (Å²) in [4.78, 5) is 22.4. The van der Waals surface area contributed by atoms with Crippen LogP contribution in [0.4, 0.5) is 5.69 Å². The van der Waals surface area contributed by atoms with Crippen molar-refractivity contribution in [1.82, 2.24) is 0 Å². The maximum atomic E-state index is 12.0. The number of aryl methyl sites for hydroxylation is 1. The van der Waals surface area contributed by atoms with Gasteiger partial charge >= 0.3 is 0 Å². The van der Waals surface area contributed by atoms with Crippen LogP contribution in [0.1, 0.15) is 21.5 Å². The van der Waals surface area contributed by atoms with Crippen LogP contribution in [0.5, 0.6) is 0 Å². The Balaban J connectivity index is 2.27. The van der Waals surface area contributed by atoms with E-state index in [-0.39, 0.29) is 17.0 Å². The van der Waals surface area contributed by atoms with Crippen molar-refractivity contribution in [2.75, 3.05) is 0 Å². The average molecular weight is 267 g/mol. The summed E-state index contributed by atoms with van der Waals surface area (Å²) in [6.45, 7) is 1.96. The van der Waals surface area contributed by atoms with E-state index in [4.69, 9.17) is 0 Å². The monoisotopic (exact) mass is 267 g/mol. The van der Waals surface area contributed by atoms with Gasteiger partial charge in [-0.3, -0.25) is 14.9 Å². The van der Waals surface area contributed by atoms with E-state index < -0.39 is 4.92 Å². The summed E-state index contributed by atoms with van der Waals surface area (Å²) in [7, 11) is 0. The Morgan fingerprint density at radius 1 is 1.15 bits per heavy atom. The molecule has 0 aliphatic rings. The quantitative estimate of drug-likeness (QED) is 0.366. The van der Waals surface area contributed by atoms with E-state index in [0.29, 0.717) is 0 Å². The van der Waals surface area contributed by atoms with E-state index in [0.717, 1.165) is 11.1 Å². The normalized spacial score (nSPS) is 10.7. The summed E-state index contributed by atoms with van der Waals surface area (Å²) in [5.41, 5.74) is 1.90. The first-order chi connectivity index (χ1) is 9.58. The minimum atomic E-state index is -0.548. The molecule has 0 aromatic heterocycles. The molecule has 0 atom stereocenters. The molecule has 0 amide bonds. The summed E-state index contributed by atoms with van der Waals surface area (Å²) in [6, 6.07) is 13.6. The number of hydrogen-bond donors (Lipinski definition) is 0. The Kier molecular flexibility index (Phi) is 4.05. The highest BCUT2D eigenvalue weighted by Gasteiger charge is 2.16. The molecule has 0 saturated heterocycles. The molecule has 0 aliphatic carbocycles. The first-order valence-electron chi connectivity index (χ1n) is 6.10. The number of rotatable bonds is 4. The molecule has 0 N–H and O–H groups in total. The Bertz CT molecular complexity index is 690. The lowest BCUT2D eigenvalue weighted by Gasteiger charge is -1.98. The van der Waals surface area contributed by atoms with Crippen LogP contribution in [0.15, 0.2) is 54.6 Å². The molecule has 0 saturated carbocycles. The van der Waals surface area contributed by atoms with E-state index in [1.807, 2.05) is 31.2 Å². The molecule has 0 fully saturated rings. The average Bonchev–Trinajstić information content (AvgIpc) is 2.45. The lowest BCUT2D eigenvalue weighted by molar-refractivity contribution is -0.385. The van der Waals surface area contributed by atoms with E-state index in [2.05, 4.69) is 0 Å². The Morgan fingerprint density at radius 2 is 1.90 bits per heavy atom. The fourth-order valence-corrected chi connectivity index (χ4v) is 1.88. The van der Waals surface area contributed by atoms with E-state index in [9.17, 15) is 14.9 Å². The number of nitrogens with zero attached hydrogens (tertiary/aromatic N) is 1. The molecule has 2 rings (SSSR count). The molecule has 20 heavy (non-hydrogen) atoms. The topological polar surface area (TPSA) is 60.2 Å². The molecular weight excluding hydrogens is 254 g/mol. The van der Waals surface area contributed by atoms with Gasteiger partial charge in [-0.05, 0) is 24.6 Å². The van der Waals surface area contributed by atoms with Crippen molar-refractivity contribution < 1.29 is 9.72 Å². The van der Waals surface area contributed by atoms with Gasteiger partial charge < -0.3 is 0 Å². The maximum absolute atomic E-state index is 12.0. The molecule has 0 heterocycles. The standard InChI is InChI=1S/C16H13NO3/c1-12-5-4-6-13(11-12)9-10-16(18)14-7-2-3-8-15(14)17(19)20/h2-11H,1H3/b10-9+. The molecule has 4 nitrogen and oxygen atoms in total. The van der Waals surface area contributed by atoms with Crippen molar-refractivity contribution in [1.29, 1.82) is 0 Å². The second-order valence-electron chi connectivity index (χ2n) is 4.39. The zero-order valence-corrected chi connectivity index (χ0v) is 10.9. The number of hydrogen-bond acceptors (Lipinski definition) is 3. The van der Waals surface area contributed by atoms with Crippen molar-refractivity contribution in [2.45, 2.75) is 6.92 Å². The molecule has 0 unspecified atom stereocenters. The van der Waals surface area contributed by atoms with Gasteiger partial charge in [0, 0.05) is 6.07 Å². The lowest BCUT2D eigenvalue weighted by Crippen LogP contribution is -2.00. The predicted molar refractivity (Wildman–Crippen MR) is 77.6 cm³/mol. The first kappa shape index (κ1) is 13.7. The number of carbonyl (C=O) groups is 1. The highest BCUT2D eigenvalue weighted by molar-refractivity contribution is 6.09. The molecule has 0 radical (unpaired) electrons. The van der Waals surface area contributed by atoms with Crippen molar-refractivity contribution in [2.24, 2.45) is 0 Å². The smallest absolute Gasteiger partial charge is 0.280 e. The number of ketones is 1. The van der Waals surface area contributed by atoms with Crippen LogP contribution in [0.3, 0.4) is 0 Å². The van der Waals surface area contributed by atoms with Gasteiger partial charge in [-0.25, -0.2) is 0 Å². The second kappa shape index (κ2) is 5.93. The number of para-hydroxylation sites is 1. The Labute approximate surface area is 116 Å². The zero-order chi connectivity index (χ0) is 14.5. The summed E-state index contributed by atoms with van der Waals surface area (Å²) in [5, 5.41) is 10.9. The maximum Gasteiger partial charge on any atom is 0.280 e. The van der Waals surface area contributed by atoms with Gasteiger partial charge in [-0.1, -0.05) is 48.0 Å². The summed E-state index contributed by atoms with van der Waals surface area (Å²) in [6.07, 6.45) is 3.02. The first-order valence-corrected chi connectivity index (χ1v) is 6.10. The summed E-state index contributed by atoms with van der Waals surface area (Å²) in [5.74, 6) is -0.376. The Morgan fingerprint density at radius 3 is 2.60 bits per heavy atom. The van der Waals surface area contributed by atoms with Gasteiger partial charge in [0.1, 0.15) is 0 Å². The van der Waals surface area contributed by atoms with Gasteiger partial charge in [-0.2, -0.15) is 0 Å². The fraction of sp³-hybridized carbons (Fsp3) is 0.0625. The van der Waals surface area contributed by atoms with Crippen molar-refractivity contribution in [3.8, 4) is 0 Å². The highest BCUT2D eigenvalue weighted by Crippen LogP contribution is 2.19. The minimum Gasteiger partial charge on any atom is -0.289 e. The lowest BCUT2D eigenvalue weighted by atomic mass is 10.1. The molecule has 4 heteroatoms. The van der Waals surface area contributed by atoms with Gasteiger partial charge in [0.25, 0.3) is 5.69 Å². The van der Waals surface area contributed by atoms with Crippen molar-refractivity contribution in [3.63, 3.8) is 0 Å². The van der Waals surface area contributed by atoms with E-state index in [1.54, 1.807) is 18.2 Å².